The van der Waals surface area contributed by atoms with Crippen LogP contribution in [0.4, 0.5) is 0 Å². The highest BCUT2D eigenvalue weighted by Crippen LogP contribution is 2.06. The molecule has 0 rings (SSSR count). The average Bonchev–Trinajstić information content (AvgIpc) is 2.15. The molecule has 1 unspecified atom stereocenters. The normalized spacial score (nSPS) is 12.8. The zero-order valence-electron chi connectivity index (χ0n) is 11.3. The van der Waals surface area contributed by atoms with E-state index in [4.69, 9.17) is 4.74 Å². The Morgan fingerprint density at radius 2 is 1.81 bits per heavy atom. The molecule has 3 heteroatoms. The van der Waals surface area contributed by atoms with Gasteiger partial charge in [0.15, 0.2) is 0 Å². The molecule has 0 spiro atoms. The second kappa shape index (κ2) is 9.64. The molecule has 0 aliphatic carbocycles. The summed E-state index contributed by atoms with van der Waals surface area (Å²) < 4.78 is 5.29. The summed E-state index contributed by atoms with van der Waals surface area (Å²) in [5.41, 5.74) is 0. The van der Waals surface area contributed by atoms with Crippen molar-refractivity contribution in [3.63, 3.8) is 0 Å². The summed E-state index contributed by atoms with van der Waals surface area (Å²) in [6, 6.07) is 0. The van der Waals surface area contributed by atoms with Gasteiger partial charge in [0.1, 0.15) is 6.10 Å². The second-order valence-electron chi connectivity index (χ2n) is 4.73. The summed E-state index contributed by atoms with van der Waals surface area (Å²) in [6.07, 6.45) is 6.42. The van der Waals surface area contributed by atoms with Gasteiger partial charge in [-0.1, -0.05) is 32.6 Å². The van der Waals surface area contributed by atoms with Crippen molar-refractivity contribution in [3.05, 3.63) is 0 Å². The van der Waals surface area contributed by atoms with Crippen LogP contribution in [-0.2, 0) is 9.53 Å². The molecular formula is C13H27NO2. The molecule has 0 aromatic heterocycles. The molecule has 0 amide bonds. The van der Waals surface area contributed by atoms with E-state index >= 15 is 0 Å². The van der Waals surface area contributed by atoms with Gasteiger partial charge in [-0.3, -0.25) is 4.79 Å². The first-order valence-electron chi connectivity index (χ1n) is 6.40. The van der Waals surface area contributed by atoms with Gasteiger partial charge in [0, 0.05) is 13.0 Å². The number of unbranched alkanes of at least 4 members (excludes halogenated alkanes) is 4. The number of hydrogen-bond donors (Lipinski definition) is 0. The predicted octanol–water partition coefficient (Wildman–Crippen LogP) is 2.84. The van der Waals surface area contributed by atoms with E-state index in [1.165, 1.54) is 19.3 Å². The maximum absolute atomic E-state index is 11.4. The number of rotatable bonds is 9. The minimum Gasteiger partial charge on any atom is -0.461 e. The molecule has 0 N–H and O–H groups in total. The van der Waals surface area contributed by atoms with Gasteiger partial charge in [-0.2, -0.15) is 0 Å². The molecule has 0 saturated carbocycles. The quantitative estimate of drug-likeness (QED) is 0.450. The molecule has 0 saturated heterocycles. The lowest BCUT2D eigenvalue weighted by Crippen LogP contribution is -2.27. The lowest BCUT2D eigenvalue weighted by Gasteiger charge is -2.17. The molecule has 0 aliphatic rings. The number of nitrogens with zero attached hydrogens (tertiary/aromatic N) is 1. The highest BCUT2D eigenvalue weighted by atomic mass is 16.5. The maximum Gasteiger partial charge on any atom is 0.306 e. The van der Waals surface area contributed by atoms with Gasteiger partial charge in [-0.15, -0.1) is 0 Å². The van der Waals surface area contributed by atoms with E-state index in [-0.39, 0.29) is 12.1 Å². The Balaban J connectivity index is 3.43. The summed E-state index contributed by atoms with van der Waals surface area (Å²) in [5.74, 6) is -0.0501. The molecule has 0 aromatic carbocycles. The van der Waals surface area contributed by atoms with E-state index in [0.29, 0.717) is 6.42 Å². The molecule has 0 aromatic rings. The van der Waals surface area contributed by atoms with E-state index in [1.807, 2.05) is 25.9 Å². The Kier molecular flexibility index (Phi) is 9.30. The van der Waals surface area contributed by atoms with Crippen LogP contribution in [-0.4, -0.2) is 37.6 Å². The molecular weight excluding hydrogens is 202 g/mol. The summed E-state index contributed by atoms with van der Waals surface area (Å²) in [4.78, 5) is 13.5. The number of hydrogen-bond acceptors (Lipinski definition) is 3. The van der Waals surface area contributed by atoms with Crippen LogP contribution in [0.3, 0.4) is 0 Å². The van der Waals surface area contributed by atoms with Crippen LogP contribution in [0.2, 0.25) is 0 Å². The smallest absolute Gasteiger partial charge is 0.306 e. The van der Waals surface area contributed by atoms with E-state index in [1.54, 1.807) is 0 Å². The average molecular weight is 229 g/mol. The van der Waals surface area contributed by atoms with Crippen LogP contribution in [0.5, 0.6) is 0 Å². The van der Waals surface area contributed by atoms with Gasteiger partial charge >= 0.3 is 5.97 Å². The monoisotopic (exact) mass is 229 g/mol. The van der Waals surface area contributed by atoms with Gasteiger partial charge in [-0.25, -0.2) is 0 Å². The van der Waals surface area contributed by atoms with Crippen LogP contribution >= 0.6 is 0 Å². The third kappa shape index (κ3) is 9.97. The molecule has 16 heavy (non-hydrogen) atoms. The first kappa shape index (κ1) is 15.4. The zero-order chi connectivity index (χ0) is 12.4. The summed E-state index contributed by atoms with van der Waals surface area (Å²) in [6.45, 7) is 4.92. The third-order valence-electron chi connectivity index (χ3n) is 2.44. The number of likely N-dealkylation sites (N-methyl/N-ethyl adjacent to an activating group) is 1. The minimum absolute atomic E-state index is 0.00172. The number of carbonyl (C=O) groups excluding carboxylic acids is 1. The van der Waals surface area contributed by atoms with Crippen molar-refractivity contribution in [3.8, 4) is 0 Å². The maximum atomic E-state index is 11.4. The Morgan fingerprint density at radius 1 is 1.19 bits per heavy atom. The van der Waals surface area contributed by atoms with E-state index in [0.717, 1.165) is 19.4 Å². The largest absolute Gasteiger partial charge is 0.461 e. The van der Waals surface area contributed by atoms with E-state index in [9.17, 15) is 4.79 Å². The number of esters is 1. The summed E-state index contributed by atoms with van der Waals surface area (Å²) in [5, 5.41) is 0. The fourth-order valence-electron chi connectivity index (χ4n) is 1.71. The van der Waals surface area contributed by atoms with Gasteiger partial charge in [-0.05, 0) is 27.4 Å². The van der Waals surface area contributed by atoms with E-state index in [2.05, 4.69) is 6.92 Å². The Bertz CT molecular complexity index is 181. The van der Waals surface area contributed by atoms with Gasteiger partial charge < -0.3 is 9.64 Å². The lowest BCUT2D eigenvalue weighted by molar-refractivity contribution is -0.148. The Labute approximate surface area is 100 Å². The summed E-state index contributed by atoms with van der Waals surface area (Å²) in [7, 11) is 3.96. The molecule has 0 heterocycles. The second-order valence-corrected chi connectivity index (χ2v) is 4.73. The van der Waals surface area contributed by atoms with Crippen molar-refractivity contribution in [1.29, 1.82) is 0 Å². The van der Waals surface area contributed by atoms with Crippen LogP contribution in [0.1, 0.15) is 52.4 Å². The van der Waals surface area contributed by atoms with Crippen LogP contribution < -0.4 is 0 Å². The number of carbonyl (C=O) groups is 1. The molecule has 0 radical (unpaired) electrons. The van der Waals surface area contributed by atoms with Gasteiger partial charge in [0.2, 0.25) is 0 Å². The Hall–Kier alpha value is -0.570. The fourth-order valence-corrected chi connectivity index (χ4v) is 1.71. The highest BCUT2D eigenvalue weighted by molar-refractivity contribution is 5.69. The highest BCUT2D eigenvalue weighted by Gasteiger charge is 2.09. The fraction of sp³-hybridized carbons (Fsp3) is 0.923. The standard InChI is InChI=1S/C13H27NO2/c1-5-6-7-8-9-10-13(15)16-12(2)11-14(3)4/h12H,5-11H2,1-4H3. The molecule has 0 bridgehead atoms. The Morgan fingerprint density at radius 3 is 2.38 bits per heavy atom. The zero-order valence-corrected chi connectivity index (χ0v) is 11.3. The minimum atomic E-state index is -0.0501. The van der Waals surface area contributed by atoms with Crippen molar-refractivity contribution in [1.82, 2.24) is 4.90 Å². The topological polar surface area (TPSA) is 29.5 Å². The summed E-state index contributed by atoms with van der Waals surface area (Å²) >= 11 is 0. The molecule has 0 fully saturated rings. The third-order valence-corrected chi connectivity index (χ3v) is 2.44. The van der Waals surface area contributed by atoms with Crippen molar-refractivity contribution in [2.24, 2.45) is 0 Å². The number of ether oxygens (including phenoxy) is 1. The van der Waals surface area contributed by atoms with Crippen molar-refractivity contribution >= 4 is 5.97 Å². The first-order valence-corrected chi connectivity index (χ1v) is 6.40. The molecule has 3 nitrogen and oxygen atoms in total. The van der Waals surface area contributed by atoms with Crippen molar-refractivity contribution in [2.45, 2.75) is 58.5 Å². The predicted molar refractivity (Wildman–Crippen MR) is 67.5 cm³/mol. The molecule has 0 aliphatic heterocycles. The van der Waals surface area contributed by atoms with Crippen molar-refractivity contribution in [2.75, 3.05) is 20.6 Å². The SMILES string of the molecule is CCCCCCCC(=O)OC(C)CN(C)C. The van der Waals surface area contributed by atoms with Crippen LogP contribution in [0.25, 0.3) is 0 Å². The molecule has 96 valence electrons. The molecule has 1 atom stereocenters. The van der Waals surface area contributed by atoms with Crippen molar-refractivity contribution < 1.29 is 9.53 Å². The van der Waals surface area contributed by atoms with Crippen LogP contribution in [0.15, 0.2) is 0 Å². The van der Waals surface area contributed by atoms with Gasteiger partial charge in [0.05, 0.1) is 0 Å². The lowest BCUT2D eigenvalue weighted by atomic mass is 10.1. The first-order chi connectivity index (χ1) is 7.56. The van der Waals surface area contributed by atoms with Gasteiger partial charge in [0.25, 0.3) is 0 Å². The van der Waals surface area contributed by atoms with E-state index < -0.39 is 0 Å². The van der Waals surface area contributed by atoms with Crippen LogP contribution in [0, 0.1) is 0 Å².